The highest BCUT2D eigenvalue weighted by Gasteiger charge is 2.34. The number of amides is 1. The van der Waals surface area contributed by atoms with Crippen molar-refractivity contribution >= 4 is 21.6 Å². The van der Waals surface area contributed by atoms with Gasteiger partial charge in [-0.15, -0.1) is 0 Å². The molecule has 1 heterocycles. The second-order valence-corrected chi connectivity index (χ2v) is 8.69. The van der Waals surface area contributed by atoms with Gasteiger partial charge in [0.05, 0.1) is 12.0 Å². The molecule has 1 aliphatic rings. The average molecular weight is 388 g/mol. The number of carbonyl (C=O) groups excluding carboxylic acids is 1. The summed E-state index contributed by atoms with van der Waals surface area (Å²) in [6.45, 7) is 4.08. The summed E-state index contributed by atoms with van der Waals surface area (Å²) >= 11 is 0. The van der Waals surface area contributed by atoms with E-state index >= 15 is 0 Å². The third kappa shape index (κ3) is 4.14. The first-order valence-corrected chi connectivity index (χ1v) is 10.3. The van der Waals surface area contributed by atoms with Gasteiger partial charge in [0.1, 0.15) is 5.75 Å². The minimum atomic E-state index is -3.62. The molecule has 1 N–H and O–H groups in total. The molecule has 1 unspecified atom stereocenters. The van der Waals surface area contributed by atoms with Crippen LogP contribution in [-0.4, -0.2) is 38.8 Å². The molecular formula is C20H24N2O4S. The average Bonchev–Trinajstić information content (AvgIpc) is 3.14. The number of methoxy groups -OCH3 is 1. The number of sulfonamides is 1. The van der Waals surface area contributed by atoms with Crippen molar-refractivity contribution in [3.05, 3.63) is 53.6 Å². The Labute approximate surface area is 160 Å². The molecule has 1 atom stereocenters. The van der Waals surface area contributed by atoms with Crippen molar-refractivity contribution in [3.63, 3.8) is 0 Å². The van der Waals surface area contributed by atoms with Crippen LogP contribution in [0.3, 0.4) is 0 Å². The monoisotopic (exact) mass is 388 g/mol. The van der Waals surface area contributed by atoms with Crippen molar-refractivity contribution in [2.75, 3.05) is 25.5 Å². The normalized spacial score (nSPS) is 17.7. The van der Waals surface area contributed by atoms with Gasteiger partial charge in [0.2, 0.25) is 15.9 Å². The van der Waals surface area contributed by atoms with E-state index in [0.29, 0.717) is 24.3 Å². The lowest BCUT2D eigenvalue weighted by molar-refractivity contribution is -0.114. The zero-order chi connectivity index (χ0) is 19.6. The van der Waals surface area contributed by atoms with Gasteiger partial charge in [-0.3, -0.25) is 4.79 Å². The Balaban J connectivity index is 1.82. The number of carbonyl (C=O) groups is 1. The van der Waals surface area contributed by atoms with Crippen LogP contribution >= 0.6 is 0 Å². The highest BCUT2D eigenvalue weighted by molar-refractivity contribution is 7.89. The maximum absolute atomic E-state index is 13.2. The molecule has 0 bridgehead atoms. The predicted molar refractivity (Wildman–Crippen MR) is 105 cm³/mol. The van der Waals surface area contributed by atoms with E-state index in [4.69, 9.17) is 4.74 Å². The van der Waals surface area contributed by atoms with Gasteiger partial charge in [0.25, 0.3) is 0 Å². The fourth-order valence-corrected chi connectivity index (χ4v) is 5.14. The zero-order valence-electron chi connectivity index (χ0n) is 15.7. The molecule has 3 rings (SSSR count). The van der Waals surface area contributed by atoms with Gasteiger partial charge in [-0.25, -0.2) is 8.42 Å². The van der Waals surface area contributed by atoms with Crippen LogP contribution in [0, 0.1) is 6.92 Å². The van der Waals surface area contributed by atoms with Crippen LogP contribution in [0.5, 0.6) is 5.75 Å². The first-order valence-electron chi connectivity index (χ1n) is 8.83. The molecule has 2 aromatic carbocycles. The summed E-state index contributed by atoms with van der Waals surface area (Å²) in [5.74, 6) is 0.707. The molecule has 1 aliphatic heterocycles. The lowest BCUT2D eigenvalue weighted by atomic mass is 9.99. The van der Waals surface area contributed by atoms with Gasteiger partial charge in [-0.05, 0) is 54.7 Å². The Hall–Kier alpha value is -2.38. The number of benzene rings is 2. The maximum atomic E-state index is 13.2. The summed E-state index contributed by atoms with van der Waals surface area (Å²) in [5.41, 5.74) is 2.26. The van der Waals surface area contributed by atoms with E-state index in [9.17, 15) is 13.2 Å². The van der Waals surface area contributed by atoms with Crippen molar-refractivity contribution in [2.24, 2.45) is 0 Å². The van der Waals surface area contributed by atoms with E-state index in [1.165, 1.54) is 17.3 Å². The topological polar surface area (TPSA) is 75.7 Å². The van der Waals surface area contributed by atoms with Crippen molar-refractivity contribution < 1.29 is 17.9 Å². The molecule has 0 saturated carbocycles. The first-order chi connectivity index (χ1) is 12.8. The van der Waals surface area contributed by atoms with E-state index in [-0.39, 0.29) is 16.7 Å². The molecule has 1 fully saturated rings. The van der Waals surface area contributed by atoms with E-state index in [1.54, 1.807) is 26.2 Å². The predicted octanol–water partition coefficient (Wildman–Crippen LogP) is 3.14. The SMILES string of the molecule is COc1ccc(C2CCN(S(=O)(=O)c3cc(NC(C)=O)ccc3C)C2)cc1. The lowest BCUT2D eigenvalue weighted by Crippen LogP contribution is -2.29. The lowest BCUT2D eigenvalue weighted by Gasteiger charge is -2.19. The van der Waals surface area contributed by atoms with Crippen LogP contribution in [0.15, 0.2) is 47.4 Å². The molecule has 0 aliphatic carbocycles. The number of aryl methyl sites for hydroxylation is 1. The smallest absolute Gasteiger partial charge is 0.243 e. The molecule has 7 heteroatoms. The van der Waals surface area contributed by atoms with Gasteiger partial charge < -0.3 is 10.1 Å². The second kappa shape index (κ2) is 7.70. The quantitative estimate of drug-likeness (QED) is 0.854. The Kier molecular flexibility index (Phi) is 5.53. The summed E-state index contributed by atoms with van der Waals surface area (Å²) in [4.78, 5) is 11.5. The van der Waals surface area contributed by atoms with Crippen molar-refractivity contribution in [1.29, 1.82) is 0 Å². The maximum Gasteiger partial charge on any atom is 0.243 e. The van der Waals surface area contributed by atoms with E-state index in [1.807, 2.05) is 24.3 Å². The molecule has 6 nitrogen and oxygen atoms in total. The highest BCUT2D eigenvalue weighted by Crippen LogP contribution is 2.33. The van der Waals surface area contributed by atoms with Crippen LogP contribution in [0.2, 0.25) is 0 Å². The molecule has 0 radical (unpaired) electrons. The number of nitrogens with zero attached hydrogens (tertiary/aromatic N) is 1. The number of hydrogen-bond donors (Lipinski definition) is 1. The van der Waals surface area contributed by atoms with Crippen molar-refractivity contribution in [3.8, 4) is 5.75 Å². The number of ether oxygens (including phenoxy) is 1. The number of anilines is 1. The summed E-state index contributed by atoms with van der Waals surface area (Å²) in [6, 6.07) is 12.7. The molecule has 0 aromatic heterocycles. The largest absolute Gasteiger partial charge is 0.497 e. The molecule has 27 heavy (non-hydrogen) atoms. The van der Waals surface area contributed by atoms with Gasteiger partial charge in [0, 0.05) is 25.7 Å². The molecule has 1 saturated heterocycles. The summed E-state index contributed by atoms with van der Waals surface area (Å²) in [5, 5.41) is 2.65. The van der Waals surface area contributed by atoms with Crippen LogP contribution in [0.4, 0.5) is 5.69 Å². The van der Waals surface area contributed by atoms with Crippen LogP contribution in [0.1, 0.15) is 30.4 Å². The summed E-state index contributed by atoms with van der Waals surface area (Å²) < 4.78 is 33.0. The first kappa shape index (κ1) is 19.4. The van der Waals surface area contributed by atoms with Crippen LogP contribution in [-0.2, 0) is 14.8 Å². The van der Waals surface area contributed by atoms with Gasteiger partial charge >= 0.3 is 0 Å². The Morgan fingerprint density at radius 2 is 1.89 bits per heavy atom. The molecular weight excluding hydrogens is 364 g/mol. The van der Waals surface area contributed by atoms with Gasteiger partial charge in [0.15, 0.2) is 0 Å². The molecule has 2 aromatic rings. The third-order valence-electron chi connectivity index (χ3n) is 4.86. The Morgan fingerprint density at radius 3 is 2.52 bits per heavy atom. The van der Waals surface area contributed by atoms with Crippen molar-refractivity contribution in [1.82, 2.24) is 4.31 Å². The van der Waals surface area contributed by atoms with Gasteiger partial charge in [-0.2, -0.15) is 4.31 Å². The minimum Gasteiger partial charge on any atom is -0.497 e. The number of nitrogens with one attached hydrogen (secondary N) is 1. The molecule has 1 amide bonds. The minimum absolute atomic E-state index is 0.157. The Morgan fingerprint density at radius 1 is 1.19 bits per heavy atom. The fourth-order valence-electron chi connectivity index (χ4n) is 3.39. The van der Waals surface area contributed by atoms with E-state index in [2.05, 4.69) is 5.32 Å². The highest BCUT2D eigenvalue weighted by atomic mass is 32.2. The summed E-state index contributed by atoms with van der Waals surface area (Å²) in [7, 11) is -2.00. The molecule has 144 valence electrons. The zero-order valence-corrected chi connectivity index (χ0v) is 16.5. The van der Waals surface area contributed by atoms with Crippen LogP contribution < -0.4 is 10.1 Å². The van der Waals surface area contributed by atoms with Crippen LogP contribution in [0.25, 0.3) is 0 Å². The van der Waals surface area contributed by atoms with Gasteiger partial charge in [-0.1, -0.05) is 18.2 Å². The summed E-state index contributed by atoms with van der Waals surface area (Å²) in [6.07, 6.45) is 0.774. The number of hydrogen-bond acceptors (Lipinski definition) is 4. The molecule has 0 spiro atoms. The third-order valence-corrected chi connectivity index (χ3v) is 6.87. The van der Waals surface area contributed by atoms with E-state index < -0.39 is 10.0 Å². The van der Waals surface area contributed by atoms with E-state index in [0.717, 1.165) is 17.7 Å². The Bertz CT molecular complexity index is 939. The fraction of sp³-hybridized carbons (Fsp3) is 0.350. The standard InChI is InChI=1S/C20H24N2O4S/c1-14-4-7-18(21-15(2)23)12-20(14)27(24,25)22-11-10-17(13-22)16-5-8-19(26-3)9-6-16/h4-9,12,17H,10-11,13H2,1-3H3,(H,21,23). The second-order valence-electron chi connectivity index (χ2n) is 6.78. The van der Waals surface area contributed by atoms with Crippen molar-refractivity contribution in [2.45, 2.75) is 31.1 Å². The number of rotatable bonds is 5.